The molecular formula is C21H25NO3S. The topological polar surface area (TPSA) is 47.9 Å². The van der Waals surface area contributed by atoms with E-state index in [9.17, 15) is 4.21 Å². The molecule has 1 aliphatic rings. The Labute approximate surface area is 156 Å². The number of allylic oxidation sites excluding steroid dienone is 2. The zero-order valence-electron chi connectivity index (χ0n) is 15.9. The lowest BCUT2D eigenvalue weighted by molar-refractivity contribution is 0.352. The average Bonchev–Trinajstić information content (AvgIpc) is 2.62. The molecule has 0 spiro atoms. The number of hydrogen-bond acceptors (Lipinski definition) is 4. The van der Waals surface area contributed by atoms with Crippen molar-refractivity contribution in [1.82, 2.24) is 0 Å². The zero-order chi connectivity index (χ0) is 18.9. The molecule has 3 rings (SSSR count). The fourth-order valence-electron chi connectivity index (χ4n) is 3.43. The van der Waals surface area contributed by atoms with E-state index in [0.29, 0.717) is 17.3 Å². The van der Waals surface area contributed by atoms with Gasteiger partial charge in [-0.3, -0.25) is 0 Å². The second kappa shape index (κ2) is 7.16. The number of methoxy groups -OCH3 is 2. The lowest BCUT2D eigenvalue weighted by atomic mass is 9.94. The molecule has 0 saturated carbocycles. The van der Waals surface area contributed by atoms with Crippen LogP contribution in [0.1, 0.15) is 30.9 Å². The predicted molar refractivity (Wildman–Crippen MR) is 106 cm³/mol. The molecule has 2 atom stereocenters. The second-order valence-corrected chi connectivity index (χ2v) is 9.01. The molecule has 0 radical (unpaired) electrons. The fourth-order valence-corrected chi connectivity index (χ4v) is 5.69. The zero-order valence-corrected chi connectivity index (χ0v) is 16.7. The highest BCUT2D eigenvalue weighted by Crippen LogP contribution is 2.47. The minimum Gasteiger partial charge on any atom is -0.493 e. The third kappa shape index (κ3) is 3.23. The van der Waals surface area contributed by atoms with Crippen LogP contribution in [0.3, 0.4) is 0 Å². The van der Waals surface area contributed by atoms with Crippen molar-refractivity contribution in [3.05, 3.63) is 59.2 Å². The summed E-state index contributed by atoms with van der Waals surface area (Å²) in [7, 11) is 0.685. The Hall–Kier alpha value is -2.27. The molecule has 4 nitrogen and oxygen atoms in total. The van der Waals surface area contributed by atoms with E-state index in [1.54, 1.807) is 14.2 Å². The summed E-state index contributed by atoms with van der Waals surface area (Å²) in [4.78, 5) is 0.770. The SMILES string of the molecule is COc1cc2c(c(C)c1OC)N=S(=O)(c1ccccc1)C[C@H]2C=C(C)C. The molecule has 2 aromatic rings. The number of fused-ring (bicyclic) bond motifs is 1. The third-order valence-electron chi connectivity index (χ3n) is 4.59. The van der Waals surface area contributed by atoms with Crippen LogP contribution in [0, 0.1) is 6.92 Å². The first-order chi connectivity index (χ1) is 12.4. The average molecular weight is 372 g/mol. The molecule has 0 aromatic heterocycles. The molecule has 0 N–H and O–H groups in total. The maximum Gasteiger partial charge on any atom is 0.165 e. The molecule has 26 heavy (non-hydrogen) atoms. The minimum absolute atomic E-state index is 0.0127. The molecule has 0 aliphatic carbocycles. The quantitative estimate of drug-likeness (QED) is 0.691. The van der Waals surface area contributed by atoms with E-state index in [1.165, 1.54) is 5.57 Å². The summed E-state index contributed by atoms with van der Waals surface area (Å²) < 4.78 is 29.6. The van der Waals surface area contributed by atoms with Gasteiger partial charge in [0, 0.05) is 22.1 Å². The second-order valence-electron chi connectivity index (χ2n) is 6.74. The highest BCUT2D eigenvalue weighted by atomic mass is 32.2. The van der Waals surface area contributed by atoms with E-state index >= 15 is 0 Å². The van der Waals surface area contributed by atoms with Gasteiger partial charge in [-0.2, -0.15) is 4.36 Å². The summed E-state index contributed by atoms with van der Waals surface area (Å²) >= 11 is 0. The first kappa shape index (κ1) is 18.5. The van der Waals surface area contributed by atoms with Crippen molar-refractivity contribution in [2.45, 2.75) is 31.6 Å². The third-order valence-corrected chi connectivity index (χ3v) is 6.89. The van der Waals surface area contributed by atoms with Gasteiger partial charge in [-0.1, -0.05) is 29.8 Å². The molecule has 2 aromatic carbocycles. The van der Waals surface area contributed by atoms with Crippen LogP contribution in [0.4, 0.5) is 5.69 Å². The molecular weight excluding hydrogens is 346 g/mol. The maximum atomic E-state index is 13.8. The Kier molecular flexibility index (Phi) is 5.10. The first-order valence-corrected chi connectivity index (χ1v) is 10.3. The molecule has 0 bridgehead atoms. The minimum atomic E-state index is -2.56. The Bertz CT molecular complexity index is 966. The van der Waals surface area contributed by atoms with Gasteiger partial charge < -0.3 is 9.47 Å². The van der Waals surface area contributed by atoms with Crippen molar-refractivity contribution < 1.29 is 13.7 Å². The van der Waals surface area contributed by atoms with Gasteiger partial charge in [0.2, 0.25) is 0 Å². The molecule has 0 amide bonds. The highest BCUT2D eigenvalue weighted by Gasteiger charge is 2.30. The van der Waals surface area contributed by atoms with Gasteiger partial charge in [-0.15, -0.1) is 0 Å². The van der Waals surface area contributed by atoms with Crippen LogP contribution in [0.5, 0.6) is 11.5 Å². The van der Waals surface area contributed by atoms with Gasteiger partial charge >= 0.3 is 0 Å². The Balaban J connectivity index is 2.33. The largest absolute Gasteiger partial charge is 0.493 e. The first-order valence-electron chi connectivity index (χ1n) is 8.60. The molecule has 1 heterocycles. The summed E-state index contributed by atoms with van der Waals surface area (Å²) in [6, 6.07) is 11.5. The fraction of sp³-hybridized carbons (Fsp3) is 0.333. The van der Waals surface area contributed by atoms with Gasteiger partial charge in [-0.05, 0) is 44.5 Å². The Morgan fingerprint density at radius 1 is 1.19 bits per heavy atom. The van der Waals surface area contributed by atoms with Crippen molar-refractivity contribution in [3.63, 3.8) is 0 Å². The monoisotopic (exact) mass is 371 g/mol. The summed E-state index contributed by atoms with van der Waals surface area (Å²) in [6.07, 6.45) is 2.17. The number of benzene rings is 2. The van der Waals surface area contributed by atoms with E-state index in [4.69, 9.17) is 13.8 Å². The van der Waals surface area contributed by atoms with Crippen LogP contribution < -0.4 is 9.47 Å². The van der Waals surface area contributed by atoms with E-state index < -0.39 is 9.73 Å². The number of rotatable bonds is 4. The van der Waals surface area contributed by atoms with Crippen LogP contribution in [-0.2, 0) is 9.73 Å². The smallest absolute Gasteiger partial charge is 0.165 e. The number of hydrogen-bond donors (Lipinski definition) is 0. The molecule has 1 aliphatic heterocycles. The number of nitrogens with zero attached hydrogens (tertiary/aromatic N) is 1. The highest BCUT2D eigenvalue weighted by molar-refractivity contribution is 7.93. The van der Waals surface area contributed by atoms with E-state index in [-0.39, 0.29) is 5.92 Å². The van der Waals surface area contributed by atoms with Crippen molar-refractivity contribution >= 4 is 15.4 Å². The summed E-state index contributed by atoms with van der Waals surface area (Å²) in [5.74, 6) is 1.80. The van der Waals surface area contributed by atoms with E-state index in [0.717, 1.165) is 21.7 Å². The van der Waals surface area contributed by atoms with Crippen molar-refractivity contribution in [2.24, 2.45) is 4.36 Å². The van der Waals surface area contributed by atoms with Crippen LogP contribution in [0.25, 0.3) is 0 Å². The summed E-state index contributed by atoms with van der Waals surface area (Å²) in [5, 5.41) is 0. The molecule has 0 fully saturated rings. The predicted octanol–water partition coefficient (Wildman–Crippen LogP) is 5.23. The standard InChI is InChI=1S/C21H25NO3S/c1-14(2)11-16-13-26(23,17-9-7-6-8-10-17)22-20-15(3)21(25-5)19(24-4)12-18(16)20/h6-12,16H,13H2,1-5H3/t16-,26?/m1/s1. The van der Waals surface area contributed by atoms with Gasteiger partial charge in [0.1, 0.15) is 0 Å². The lowest BCUT2D eigenvalue weighted by Gasteiger charge is -2.27. The van der Waals surface area contributed by atoms with Crippen molar-refractivity contribution in [1.29, 1.82) is 0 Å². The number of ether oxygens (including phenoxy) is 2. The van der Waals surface area contributed by atoms with Crippen LogP contribution >= 0.6 is 0 Å². The van der Waals surface area contributed by atoms with Gasteiger partial charge in [-0.25, -0.2) is 4.21 Å². The van der Waals surface area contributed by atoms with Gasteiger partial charge in [0.15, 0.2) is 11.5 Å². The van der Waals surface area contributed by atoms with Gasteiger partial charge in [0.25, 0.3) is 0 Å². The van der Waals surface area contributed by atoms with E-state index in [2.05, 4.69) is 19.9 Å². The normalized spacial score (nSPS) is 21.3. The molecule has 1 unspecified atom stereocenters. The molecule has 138 valence electrons. The van der Waals surface area contributed by atoms with Gasteiger partial charge in [0.05, 0.1) is 29.6 Å². The molecule has 0 saturated heterocycles. The van der Waals surface area contributed by atoms with Crippen LogP contribution in [-0.4, -0.2) is 24.2 Å². The van der Waals surface area contributed by atoms with Crippen LogP contribution in [0.15, 0.2) is 57.3 Å². The van der Waals surface area contributed by atoms with E-state index in [1.807, 2.05) is 43.3 Å². The Morgan fingerprint density at radius 2 is 1.88 bits per heavy atom. The summed E-state index contributed by atoms with van der Waals surface area (Å²) in [5.41, 5.74) is 3.84. The van der Waals surface area contributed by atoms with Crippen molar-refractivity contribution in [2.75, 3.05) is 20.0 Å². The Morgan fingerprint density at radius 3 is 2.46 bits per heavy atom. The maximum absolute atomic E-state index is 13.8. The lowest BCUT2D eigenvalue weighted by Crippen LogP contribution is -2.18. The van der Waals surface area contributed by atoms with Crippen LogP contribution in [0.2, 0.25) is 0 Å². The van der Waals surface area contributed by atoms with Crippen molar-refractivity contribution in [3.8, 4) is 11.5 Å². The summed E-state index contributed by atoms with van der Waals surface area (Å²) in [6.45, 7) is 6.06. The molecule has 5 heteroatoms.